The Morgan fingerprint density at radius 3 is 2.20 bits per heavy atom. The predicted molar refractivity (Wildman–Crippen MR) is 203 cm³/mol. The highest BCUT2D eigenvalue weighted by Gasteiger charge is 2.31. The van der Waals surface area contributed by atoms with E-state index in [2.05, 4.69) is 61.5 Å². The summed E-state index contributed by atoms with van der Waals surface area (Å²) in [5.41, 5.74) is 6.07. The van der Waals surface area contributed by atoms with E-state index in [9.17, 15) is 19.2 Å². The van der Waals surface area contributed by atoms with E-state index in [4.69, 9.17) is 5.11 Å². The van der Waals surface area contributed by atoms with Crippen LogP contribution in [-0.4, -0.2) is 97.4 Å². The van der Waals surface area contributed by atoms with E-state index < -0.39 is 0 Å². The zero-order valence-corrected chi connectivity index (χ0v) is 30.9. The number of anilines is 1. The fourth-order valence-electron chi connectivity index (χ4n) is 4.39. The Bertz CT molecular complexity index is 1520. The molecule has 0 atom stereocenters. The first-order valence-corrected chi connectivity index (χ1v) is 18.0. The van der Waals surface area contributed by atoms with Crippen LogP contribution in [0.2, 0.25) is 0 Å². The van der Waals surface area contributed by atoms with Crippen LogP contribution in [0.3, 0.4) is 0 Å². The average Bonchev–Trinajstić information content (AvgIpc) is 3.83. The molecule has 1 fully saturated rings. The Morgan fingerprint density at radius 1 is 1.00 bits per heavy atom. The van der Waals surface area contributed by atoms with Gasteiger partial charge >= 0.3 is 0 Å². The lowest BCUT2D eigenvalue weighted by Gasteiger charge is -2.37. The minimum Gasteiger partial charge on any atom is -0.400 e. The normalized spacial score (nSPS) is 11.7. The number of carbonyl (C=O) groups is 4. The van der Waals surface area contributed by atoms with E-state index in [1.807, 2.05) is 55.5 Å². The summed E-state index contributed by atoms with van der Waals surface area (Å²) in [6.07, 6.45) is 8.71. The van der Waals surface area contributed by atoms with Crippen molar-refractivity contribution >= 4 is 53.2 Å². The third-order valence-electron chi connectivity index (χ3n) is 6.82. The van der Waals surface area contributed by atoms with Crippen molar-refractivity contribution in [3.05, 3.63) is 83.5 Å². The molecule has 0 radical (unpaired) electrons. The number of amides is 1. The van der Waals surface area contributed by atoms with Gasteiger partial charge in [0.05, 0.1) is 18.2 Å². The minimum atomic E-state index is 0.0205. The lowest BCUT2D eigenvalue weighted by Crippen LogP contribution is -2.53. The first kappa shape index (κ1) is 42.9. The van der Waals surface area contributed by atoms with E-state index in [1.54, 1.807) is 42.6 Å². The van der Waals surface area contributed by atoms with Crippen LogP contribution in [0.15, 0.2) is 72.4 Å². The number of benzene rings is 2. The molecule has 49 heavy (non-hydrogen) atoms. The fraction of sp³-hybridized carbons (Fsp3) is 0.361. The number of hydrogen-bond acceptors (Lipinski definition) is 11. The maximum atomic E-state index is 12.4. The van der Waals surface area contributed by atoms with Gasteiger partial charge in [-0.3, -0.25) is 13.6 Å². The van der Waals surface area contributed by atoms with E-state index >= 15 is 0 Å². The van der Waals surface area contributed by atoms with E-state index in [1.165, 1.54) is 0 Å². The van der Waals surface area contributed by atoms with Gasteiger partial charge < -0.3 is 35.5 Å². The summed E-state index contributed by atoms with van der Waals surface area (Å²) < 4.78 is 1.88. The van der Waals surface area contributed by atoms with Crippen molar-refractivity contribution in [1.29, 1.82) is 0 Å². The second kappa shape index (κ2) is 25.8. The summed E-state index contributed by atoms with van der Waals surface area (Å²) in [6.45, 7) is 7.18. The molecule has 4 aromatic rings. The number of nitrogens with one attached hydrogen (secondary N) is 3. The maximum absolute atomic E-state index is 12.4. The Kier molecular flexibility index (Phi) is 22.6. The Balaban J connectivity index is 0.000000551. The standard InChI is InChI=1S/C24H26N4O2S.C6H7NOS.C3H7NO.C2H6.CH4O/c1-25-24-27-22(16-31-24)20-8-3-7-19(12-20)18-6-2-5-17(11-18)13-26-23(30)21-14-28(15-21)9-4-10-29;1-9-7-3-2-6(4-7)5-8;1-4-2-3-5;2*1-2/h2-3,5-8,10-12,16,21H,4,9,13-15H2,1H3,(H,25,27)(H,26,30);2-5H,1H3;3-4H,2H2,1H3;1-2H3;2H,1H3. The number of thiazole rings is 1. The fourth-order valence-corrected chi connectivity index (χ4v) is 5.48. The molecule has 266 valence electrons. The summed E-state index contributed by atoms with van der Waals surface area (Å²) in [5.74, 6) is 0.103. The van der Waals surface area contributed by atoms with Gasteiger partial charge in [0.2, 0.25) is 5.91 Å². The molecule has 13 heteroatoms. The van der Waals surface area contributed by atoms with Crippen LogP contribution in [0.5, 0.6) is 0 Å². The van der Waals surface area contributed by atoms with Gasteiger partial charge in [-0.15, -0.1) is 11.3 Å². The van der Waals surface area contributed by atoms with Gasteiger partial charge in [-0.2, -0.15) is 0 Å². The van der Waals surface area contributed by atoms with Crippen molar-refractivity contribution < 1.29 is 24.3 Å². The van der Waals surface area contributed by atoms with E-state index in [0.29, 0.717) is 19.5 Å². The van der Waals surface area contributed by atoms with Crippen LogP contribution in [0, 0.1) is 5.92 Å². The molecule has 2 aromatic heterocycles. The van der Waals surface area contributed by atoms with Gasteiger partial charge in [0, 0.05) is 81.9 Å². The number of rotatable bonds is 13. The Morgan fingerprint density at radius 2 is 1.67 bits per heavy atom. The number of aromatic nitrogens is 2. The van der Waals surface area contributed by atoms with Crippen LogP contribution in [-0.2, 0) is 20.9 Å². The first-order chi connectivity index (χ1) is 23.9. The smallest absolute Gasteiger partial charge is 0.225 e. The van der Waals surface area contributed by atoms with Gasteiger partial charge in [-0.25, -0.2) is 4.98 Å². The van der Waals surface area contributed by atoms with Gasteiger partial charge in [0.25, 0.3) is 0 Å². The van der Waals surface area contributed by atoms with E-state index in [0.717, 1.165) is 84.2 Å². The summed E-state index contributed by atoms with van der Waals surface area (Å²) in [4.78, 5) is 49.0. The van der Waals surface area contributed by atoms with Gasteiger partial charge in [-0.05, 0) is 53.9 Å². The number of aliphatic hydroxyl groups is 1. The number of aldehydes is 3. The molecule has 1 aliphatic rings. The maximum Gasteiger partial charge on any atom is 0.225 e. The first-order valence-electron chi connectivity index (χ1n) is 15.9. The average molecular weight is 711 g/mol. The van der Waals surface area contributed by atoms with Crippen LogP contribution in [0.25, 0.3) is 22.4 Å². The topological polar surface area (TPSA) is 146 Å². The molecule has 0 bridgehead atoms. The van der Waals surface area contributed by atoms with Crippen molar-refractivity contribution in [2.45, 2.75) is 26.8 Å². The van der Waals surface area contributed by atoms with Crippen molar-refractivity contribution in [2.24, 2.45) is 5.92 Å². The van der Waals surface area contributed by atoms with Crippen LogP contribution >= 0.6 is 23.3 Å². The monoisotopic (exact) mass is 710 g/mol. The van der Waals surface area contributed by atoms with Crippen molar-refractivity contribution in [3.63, 3.8) is 0 Å². The largest absolute Gasteiger partial charge is 0.400 e. The molecule has 3 heterocycles. The number of likely N-dealkylation sites (N-methyl/N-ethyl adjacent to an activating group) is 1. The van der Waals surface area contributed by atoms with Crippen molar-refractivity contribution in [2.75, 3.05) is 59.0 Å². The SMILES string of the molecule is CC.CNCC=O.CNc1nc(-c2cccc(-c3cccc(CNC(=O)C4CN(CCC=O)C4)c3)c2)cs1.CO.CSn1ccc(C=O)c1. The quantitative estimate of drug-likeness (QED) is 0.138. The molecular formula is C36H50N6O5S2. The third kappa shape index (κ3) is 15.3. The summed E-state index contributed by atoms with van der Waals surface area (Å²) in [6, 6.07) is 18.4. The second-order valence-corrected chi connectivity index (χ2v) is 11.7. The Labute approximate surface area is 298 Å². The summed E-state index contributed by atoms with van der Waals surface area (Å²) in [5, 5.41) is 18.7. The number of aliphatic hydroxyl groups excluding tert-OH is 1. The molecule has 0 unspecified atom stereocenters. The molecule has 5 rings (SSSR count). The molecule has 1 amide bonds. The van der Waals surface area contributed by atoms with Crippen LogP contribution < -0.4 is 16.0 Å². The molecule has 11 nitrogen and oxygen atoms in total. The molecule has 1 aliphatic heterocycles. The second-order valence-electron chi connectivity index (χ2n) is 10.0. The van der Waals surface area contributed by atoms with Crippen molar-refractivity contribution in [1.82, 2.24) is 24.5 Å². The van der Waals surface area contributed by atoms with Crippen molar-refractivity contribution in [3.8, 4) is 22.4 Å². The number of likely N-dealkylation sites (tertiary alicyclic amines) is 1. The lowest BCUT2D eigenvalue weighted by atomic mass is 9.98. The number of hydrogen-bond donors (Lipinski definition) is 4. The number of nitrogens with zero attached hydrogens (tertiary/aromatic N) is 3. The van der Waals surface area contributed by atoms with Crippen LogP contribution in [0.1, 0.15) is 36.2 Å². The zero-order chi connectivity index (χ0) is 36.4. The van der Waals surface area contributed by atoms with E-state index in [-0.39, 0.29) is 11.8 Å². The molecule has 0 saturated carbocycles. The highest BCUT2D eigenvalue weighted by atomic mass is 32.2. The van der Waals surface area contributed by atoms with Gasteiger partial charge in [-0.1, -0.05) is 50.2 Å². The summed E-state index contributed by atoms with van der Waals surface area (Å²) in [7, 11) is 4.60. The lowest BCUT2D eigenvalue weighted by molar-refractivity contribution is -0.130. The third-order valence-corrected chi connectivity index (χ3v) is 8.33. The molecule has 1 saturated heterocycles. The Hall–Kier alpha value is -4.14. The highest BCUT2D eigenvalue weighted by molar-refractivity contribution is 7.97. The predicted octanol–water partition coefficient (Wildman–Crippen LogP) is 5.12. The minimum absolute atomic E-state index is 0.0205. The molecular weight excluding hydrogens is 661 g/mol. The van der Waals surface area contributed by atoms with Gasteiger partial charge in [0.1, 0.15) is 12.6 Å². The molecule has 4 N–H and O–H groups in total. The van der Waals surface area contributed by atoms with Gasteiger partial charge in [0.15, 0.2) is 11.4 Å². The summed E-state index contributed by atoms with van der Waals surface area (Å²) >= 11 is 3.15. The zero-order valence-electron chi connectivity index (χ0n) is 29.2. The molecule has 2 aromatic carbocycles. The van der Waals surface area contributed by atoms with Crippen LogP contribution in [0.4, 0.5) is 5.13 Å². The molecule has 0 aliphatic carbocycles. The molecule has 0 spiro atoms. The highest BCUT2D eigenvalue weighted by Crippen LogP contribution is 2.29. The number of carbonyl (C=O) groups excluding carboxylic acids is 4.